The molecule has 1 N–H and O–H groups in total. The van der Waals surface area contributed by atoms with E-state index in [2.05, 4.69) is 17.2 Å². The van der Waals surface area contributed by atoms with Crippen LogP contribution in [-0.2, 0) is 0 Å². The third-order valence-corrected chi connectivity index (χ3v) is 3.68. The van der Waals surface area contributed by atoms with Gasteiger partial charge in [0.05, 0.1) is 15.8 Å². The van der Waals surface area contributed by atoms with Crippen molar-refractivity contribution < 1.29 is 18.3 Å². The van der Waals surface area contributed by atoms with Crippen molar-refractivity contribution in [2.24, 2.45) is 0 Å². The Morgan fingerprint density at radius 2 is 2.09 bits per heavy atom. The van der Waals surface area contributed by atoms with E-state index < -0.39 is 11.6 Å². The molecule has 1 heterocycles. The quantitative estimate of drug-likeness (QED) is 0.864. The Bertz CT molecular complexity index is 737. The Morgan fingerprint density at radius 3 is 2.77 bits per heavy atom. The number of hydrogen-bond acceptors (Lipinski definition) is 3. The molecule has 114 valence electrons. The summed E-state index contributed by atoms with van der Waals surface area (Å²) in [5, 5.41) is 2.59. The van der Waals surface area contributed by atoms with Gasteiger partial charge in [0.1, 0.15) is 12.4 Å². The maximum absolute atomic E-state index is 13.2. The van der Waals surface area contributed by atoms with Crippen LogP contribution in [-0.4, -0.2) is 19.1 Å². The SMILES string of the molecule is O=C(NCC#CCOc1ccc(F)cc1F)c1ccc(Cl)s1. The topological polar surface area (TPSA) is 38.3 Å². The summed E-state index contributed by atoms with van der Waals surface area (Å²) in [6.45, 7) is 0.0624. The van der Waals surface area contributed by atoms with Crippen molar-refractivity contribution in [3.05, 3.63) is 51.2 Å². The number of benzene rings is 1. The molecule has 0 aliphatic rings. The van der Waals surface area contributed by atoms with Crippen molar-refractivity contribution in [1.82, 2.24) is 5.32 Å². The summed E-state index contributed by atoms with van der Waals surface area (Å²) in [5.41, 5.74) is 0. The van der Waals surface area contributed by atoms with Crippen LogP contribution in [0.3, 0.4) is 0 Å². The van der Waals surface area contributed by atoms with E-state index in [4.69, 9.17) is 16.3 Å². The Morgan fingerprint density at radius 1 is 1.27 bits per heavy atom. The van der Waals surface area contributed by atoms with Crippen molar-refractivity contribution in [3.8, 4) is 17.6 Å². The third kappa shape index (κ3) is 4.72. The van der Waals surface area contributed by atoms with Gasteiger partial charge in [0, 0.05) is 6.07 Å². The van der Waals surface area contributed by atoms with Crippen molar-refractivity contribution in [2.45, 2.75) is 0 Å². The lowest BCUT2D eigenvalue weighted by Gasteiger charge is -2.02. The molecule has 0 unspecified atom stereocenters. The smallest absolute Gasteiger partial charge is 0.262 e. The first kappa shape index (κ1) is 16.3. The van der Waals surface area contributed by atoms with Gasteiger partial charge in [-0.15, -0.1) is 11.3 Å². The third-order valence-electron chi connectivity index (χ3n) is 2.45. The average Bonchev–Trinajstić information content (AvgIpc) is 2.91. The monoisotopic (exact) mass is 341 g/mol. The lowest BCUT2D eigenvalue weighted by atomic mass is 10.3. The molecule has 0 bridgehead atoms. The zero-order chi connectivity index (χ0) is 15.9. The molecule has 22 heavy (non-hydrogen) atoms. The van der Waals surface area contributed by atoms with Crippen LogP contribution in [0.1, 0.15) is 9.67 Å². The summed E-state index contributed by atoms with van der Waals surface area (Å²) in [7, 11) is 0. The fraction of sp³-hybridized carbons (Fsp3) is 0.133. The maximum atomic E-state index is 13.2. The number of amides is 1. The Balaban J connectivity index is 1.74. The molecule has 0 radical (unpaired) electrons. The molecule has 1 aromatic carbocycles. The normalized spacial score (nSPS) is 9.77. The van der Waals surface area contributed by atoms with E-state index >= 15 is 0 Å². The van der Waals surface area contributed by atoms with Gasteiger partial charge in [-0.2, -0.15) is 0 Å². The van der Waals surface area contributed by atoms with Gasteiger partial charge in [0.15, 0.2) is 11.6 Å². The maximum Gasteiger partial charge on any atom is 0.262 e. The fourth-order valence-electron chi connectivity index (χ4n) is 1.47. The van der Waals surface area contributed by atoms with E-state index in [1.807, 2.05) is 0 Å². The number of carbonyl (C=O) groups excluding carboxylic acids is 1. The van der Waals surface area contributed by atoms with E-state index in [1.54, 1.807) is 12.1 Å². The Kier molecular flexibility index (Phi) is 5.75. The first-order valence-corrected chi connectivity index (χ1v) is 7.33. The molecular formula is C15H10ClF2NO2S. The highest BCUT2D eigenvalue weighted by Crippen LogP contribution is 2.21. The molecule has 0 fully saturated rings. The molecule has 0 spiro atoms. The molecule has 1 amide bonds. The van der Waals surface area contributed by atoms with E-state index in [9.17, 15) is 13.6 Å². The van der Waals surface area contributed by atoms with Crippen LogP contribution in [0, 0.1) is 23.5 Å². The standard InChI is InChI=1S/C15H10ClF2NO2S/c16-14-6-5-13(22-14)15(20)19-7-1-2-8-21-12-4-3-10(17)9-11(12)18/h3-6,9H,7-8H2,(H,19,20). The lowest BCUT2D eigenvalue weighted by molar-refractivity contribution is 0.0962. The summed E-state index contributed by atoms with van der Waals surface area (Å²) in [5.74, 6) is 3.48. The molecule has 0 aliphatic heterocycles. The van der Waals surface area contributed by atoms with Gasteiger partial charge in [-0.25, -0.2) is 8.78 Å². The molecular weight excluding hydrogens is 332 g/mol. The highest BCUT2D eigenvalue weighted by Gasteiger charge is 2.06. The second-order valence-electron chi connectivity index (χ2n) is 4.00. The summed E-state index contributed by atoms with van der Waals surface area (Å²) in [6.07, 6.45) is 0. The highest BCUT2D eigenvalue weighted by molar-refractivity contribution is 7.17. The van der Waals surface area contributed by atoms with Crippen LogP contribution >= 0.6 is 22.9 Å². The van der Waals surface area contributed by atoms with Crippen molar-refractivity contribution >= 4 is 28.8 Å². The second kappa shape index (κ2) is 7.78. The number of nitrogens with one attached hydrogen (secondary N) is 1. The summed E-state index contributed by atoms with van der Waals surface area (Å²) in [6, 6.07) is 6.27. The molecule has 2 rings (SSSR count). The first-order valence-electron chi connectivity index (χ1n) is 6.13. The van der Waals surface area contributed by atoms with E-state index in [0.717, 1.165) is 12.1 Å². The van der Waals surface area contributed by atoms with E-state index in [0.29, 0.717) is 9.21 Å². The minimum absolute atomic E-state index is 0.0662. The predicted molar refractivity (Wildman–Crippen MR) is 81.3 cm³/mol. The summed E-state index contributed by atoms with van der Waals surface area (Å²) in [4.78, 5) is 12.1. The van der Waals surface area contributed by atoms with E-state index in [1.165, 1.54) is 17.4 Å². The van der Waals surface area contributed by atoms with Crippen LogP contribution < -0.4 is 10.1 Å². The largest absolute Gasteiger partial charge is 0.478 e. The van der Waals surface area contributed by atoms with Gasteiger partial charge >= 0.3 is 0 Å². The second-order valence-corrected chi connectivity index (χ2v) is 5.72. The molecule has 3 nitrogen and oxygen atoms in total. The first-order chi connectivity index (χ1) is 10.6. The van der Waals surface area contributed by atoms with Gasteiger partial charge in [-0.1, -0.05) is 23.4 Å². The summed E-state index contributed by atoms with van der Waals surface area (Å²) >= 11 is 6.90. The number of rotatable bonds is 4. The number of ether oxygens (including phenoxy) is 1. The lowest BCUT2D eigenvalue weighted by Crippen LogP contribution is -2.22. The van der Waals surface area contributed by atoms with Crippen LogP contribution in [0.5, 0.6) is 5.75 Å². The molecule has 0 saturated carbocycles. The Hall–Kier alpha value is -2.10. The fourth-order valence-corrected chi connectivity index (χ4v) is 2.43. The minimum atomic E-state index is -0.787. The zero-order valence-corrected chi connectivity index (χ0v) is 12.7. The zero-order valence-electron chi connectivity index (χ0n) is 11.2. The van der Waals surface area contributed by atoms with Crippen LogP contribution in [0.15, 0.2) is 30.3 Å². The average molecular weight is 342 g/mol. The molecule has 1 aromatic heterocycles. The summed E-state index contributed by atoms with van der Waals surface area (Å²) < 4.78 is 31.5. The van der Waals surface area contributed by atoms with Crippen LogP contribution in [0.25, 0.3) is 0 Å². The Labute approximate surface area is 134 Å². The molecule has 0 saturated heterocycles. The minimum Gasteiger partial charge on any atom is -0.478 e. The number of halogens is 3. The van der Waals surface area contributed by atoms with E-state index in [-0.39, 0.29) is 24.8 Å². The van der Waals surface area contributed by atoms with Crippen molar-refractivity contribution in [1.29, 1.82) is 0 Å². The number of carbonyl (C=O) groups is 1. The van der Waals surface area contributed by atoms with Gasteiger partial charge < -0.3 is 10.1 Å². The predicted octanol–water partition coefficient (Wildman–Crippen LogP) is 3.49. The van der Waals surface area contributed by atoms with Crippen LogP contribution in [0.2, 0.25) is 4.34 Å². The highest BCUT2D eigenvalue weighted by atomic mass is 35.5. The van der Waals surface area contributed by atoms with Gasteiger partial charge in [-0.3, -0.25) is 4.79 Å². The van der Waals surface area contributed by atoms with Gasteiger partial charge in [-0.05, 0) is 24.3 Å². The van der Waals surface area contributed by atoms with Gasteiger partial charge in [0.25, 0.3) is 5.91 Å². The molecule has 0 atom stereocenters. The molecule has 0 aliphatic carbocycles. The molecule has 7 heteroatoms. The van der Waals surface area contributed by atoms with Gasteiger partial charge in [0.2, 0.25) is 0 Å². The number of hydrogen-bond donors (Lipinski definition) is 1. The van der Waals surface area contributed by atoms with Crippen molar-refractivity contribution in [2.75, 3.05) is 13.2 Å². The number of thiophene rings is 1. The molecule has 2 aromatic rings. The van der Waals surface area contributed by atoms with Crippen LogP contribution in [0.4, 0.5) is 8.78 Å². The van der Waals surface area contributed by atoms with Crippen molar-refractivity contribution in [3.63, 3.8) is 0 Å².